The lowest BCUT2D eigenvalue weighted by Gasteiger charge is -2.20. The number of nitrogens with zero attached hydrogens (tertiary/aromatic N) is 2. The number of aliphatic imine (C=N–C) groups is 1. The van der Waals surface area contributed by atoms with E-state index in [9.17, 15) is 4.79 Å². The van der Waals surface area contributed by atoms with E-state index in [-0.39, 0.29) is 5.91 Å². The average molecular weight is 310 g/mol. The highest BCUT2D eigenvalue weighted by Gasteiger charge is 2.12. The maximum absolute atomic E-state index is 12.3. The van der Waals surface area contributed by atoms with Crippen molar-refractivity contribution in [2.45, 2.75) is 20.4 Å². The van der Waals surface area contributed by atoms with Crippen LogP contribution in [0.1, 0.15) is 28.4 Å². The summed E-state index contributed by atoms with van der Waals surface area (Å²) in [6.07, 6.45) is 0. The van der Waals surface area contributed by atoms with Crippen LogP contribution in [0.5, 0.6) is 0 Å². The maximum Gasteiger partial charge on any atom is 0.295 e. The minimum Gasteiger partial charge on any atom is -0.465 e. The Morgan fingerprint density at radius 3 is 2.35 bits per heavy atom. The van der Waals surface area contributed by atoms with Crippen LogP contribution in [-0.2, 0) is 11.3 Å². The molecule has 0 aromatic heterocycles. The molecule has 1 amide bonds. The van der Waals surface area contributed by atoms with Gasteiger partial charge in [-0.3, -0.25) is 4.79 Å². The van der Waals surface area contributed by atoms with Crippen molar-refractivity contribution in [3.63, 3.8) is 0 Å². The van der Waals surface area contributed by atoms with Crippen molar-refractivity contribution in [2.75, 3.05) is 13.7 Å². The summed E-state index contributed by atoms with van der Waals surface area (Å²) in [5, 5.41) is 0. The number of amidine groups is 1. The monoisotopic (exact) mass is 310 g/mol. The number of rotatable bonds is 4. The van der Waals surface area contributed by atoms with E-state index in [1.165, 1.54) is 0 Å². The largest absolute Gasteiger partial charge is 0.465 e. The van der Waals surface area contributed by atoms with Crippen LogP contribution in [-0.4, -0.2) is 30.5 Å². The normalized spacial score (nSPS) is 11.2. The number of hydrogen-bond donors (Lipinski definition) is 0. The molecule has 120 valence electrons. The van der Waals surface area contributed by atoms with Gasteiger partial charge in [0.05, 0.1) is 6.61 Å². The molecule has 4 heteroatoms. The maximum atomic E-state index is 12.3. The third kappa shape index (κ3) is 4.95. The summed E-state index contributed by atoms with van der Waals surface area (Å²) >= 11 is 0. The first-order chi connectivity index (χ1) is 11.1. The first-order valence-corrected chi connectivity index (χ1v) is 7.67. The van der Waals surface area contributed by atoms with Crippen molar-refractivity contribution in [3.05, 3.63) is 71.3 Å². The second-order valence-electron chi connectivity index (χ2n) is 5.34. The minimum atomic E-state index is -0.298. The SMILES string of the molecule is CCOC(=NC(=O)c1ccc(C)cc1)N(C)Cc1ccccc1. The standard InChI is InChI=1S/C19H22N2O2/c1-4-23-19(21(3)14-16-8-6-5-7-9-16)20-18(22)17-12-10-15(2)11-13-17/h5-13H,4,14H2,1-3H3. The molecule has 0 atom stereocenters. The predicted octanol–water partition coefficient (Wildman–Crippen LogP) is 3.66. The van der Waals surface area contributed by atoms with Gasteiger partial charge in [-0.1, -0.05) is 48.0 Å². The van der Waals surface area contributed by atoms with Crippen LogP contribution in [0.3, 0.4) is 0 Å². The van der Waals surface area contributed by atoms with E-state index in [4.69, 9.17) is 4.74 Å². The van der Waals surface area contributed by atoms with E-state index in [1.807, 2.05) is 68.3 Å². The zero-order chi connectivity index (χ0) is 16.7. The molecule has 0 saturated heterocycles. The van der Waals surface area contributed by atoms with Gasteiger partial charge < -0.3 is 9.64 Å². The van der Waals surface area contributed by atoms with Gasteiger partial charge in [0.2, 0.25) is 0 Å². The van der Waals surface area contributed by atoms with Crippen molar-refractivity contribution in [1.82, 2.24) is 4.90 Å². The highest BCUT2D eigenvalue weighted by molar-refractivity contribution is 6.01. The number of carbonyl (C=O) groups is 1. The van der Waals surface area contributed by atoms with Crippen molar-refractivity contribution in [1.29, 1.82) is 0 Å². The molecule has 0 aliphatic heterocycles. The molecule has 0 aliphatic carbocycles. The summed E-state index contributed by atoms with van der Waals surface area (Å²) in [6, 6.07) is 17.7. The molecule has 0 aliphatic rings. The predicted molar refractivity (Wildman–Crippen MR) is 92.5 cm³/mol. The zero-order valence-corrected chi connectivity index (χ0v) is 13.8. The molecule has 2 rings (SSSR count). The third-order valence-electron chi connectivity index (χ3n) is 3.36. The Bertz CT molecular complexity index is 664. The molecule has 0 heterocycles. The lowest BCUT2D eigenvalue weighted by atomic mass is 10.1. The first kappa shape index (κ1) is 16.7. The second-order valence-corrected chi connectivity index (χ2v) is 5.34. The van der Waals surface area contributed by atoms with Crippen LogP contribution in [0.4, 0.5) is 0 Å². The van der Waals surface area contributed by atoms with Crippen molar-refractivity contribution >= 4 is 11.9 Å². The van der Waals surface area contributed by atoms with E-state index in [0.29, 0.717) is 24.7 Å². The molecule has 2 aromatic rings. The van der Waals surface area contributed by atoms with Crippen LogP contribution in [0.25, 0.3) is 0 Å². The van der Waals surface area contributed by atoms with Crippen LogP contribution in [0, 0.1) is 6.92 Å². The molecule has 0 unspecified atom stereocenters. The molecule has 0 fully saturated rings. The average Bonchev–Trinajstić information content (AvgIpc) is 2.56. The summed E-state index contributed by atoms with van der Waals surface area (Å²) in [6.45, 7) is 4.94. The van der Waals surface area contributed by atoms with Gasteiger partial charge >= 0.3 is 0 Å². The number of amides is 1. The van der Waals surface area contributed by atoms with Crippen LogP contribution >= 0.6 is 0 Å². The van der Waals surface area contributed by atoms with Gasteiger partial charge in [-0.15, -0.1) is 0 Å². The van der Waals surface area contributed by atoms with Gasteiger partial charge in [0, 0.05) is 19.2 Å². The molecular formula is C19H22N2O2. The number of aryl methyl sites for hydroxylation is 1. The van der Waals surface area contributed by atoms with Gasteiger partial charge in [0.15, 0.2) is 0 Å². The van der Waals surface area contributed by atoms with Crippen molar-refractivity contribution in [3.8, 4) is 0 Å². The smallest absolute Gasteiger partial charge is 0.295 e. The van der Waals surface area contributed by atoms with Gasteiger partial charge in [-0.25, -0.2) is 0 Å². The molecule has 0 radical (unpaired) electrons. The second kappa shape index (κ2) is 8.13. The zero-order valence-electron chi connectivity index (χ0n) is 13.8. The Morgan fingerprint density at radius 1 is 1.09 bits per heavy atom. The van der Waals surface area contributed by atoms with Crippen LogP contribution in [0.15, 0.2) is 59.6 Å². The highest BCUT2D eigenvalue weighted by Crippen LogP contribution is 2.08. The van der Waals surface area contributed by atoms with E-state index >= 15 is 0 Å². The highest BCUT2D eigenvalue weighted by atomic mass is 16.5. The molecule has 23 heavy (non-hydrogen) atoms. The molecule has 0 spiro atoms. The summed E-state index contributed by atoms with van der Waals surface area (Å²) in [5.41, 5.74) is 2.79. The van der Waals surface area contributed by atoms with E-state index in [2.05, 4.69) is 4.99 Å². The van der Waals surface area contributed by atoms with E-state index in [1.54, 1.807) is 12.1 Å². The molecule has 4 nitrogen and oxygen atoms in total. The van der Waals surface area contributed by atoms with E-state index in [0.717, 1.165) is 11.1 Å². The Morgan fingerprint density at radius 2 is 1.74 bits per heavy atom. The minimum absolute atomic E-state index is 0.298. The van der Waals surface area contributed by atoms with Crippen molar-refractivity contribution in [2.24, 2.45) is 4.99 Å². The van der Waals surface area contributed by atoms with Crippen LogP contribution < -0.4 is 0 Å². The quantitative estimate of drug-likeness (QED) is 0.639. The third-order valence-corrected chi connectivity index (χ3v) is 3.36. The molecule has 2 aromatic carbocycles. The topological polar surface area (TPSA) is 41.9 Å². The number of hydrogen-bond acceptors (Lipinski definition) is 2. The van der Waals surface area contributed by atoms with Gasteiger partial charge in [-0.2, -0.15) is 4.99 Å². The molecule has 0 saturated carbocycles. The van der Waals surface area contributed by atoms with Crippen LogP contribution in [0.2, 0.25) is 0 Å². The van der Waals surface area contributed by atoms with Gasteiger partial charge in [0.25, 0.3) is 11.9 Å². The number of benzene rings is 2. The molecule has 0 bridgehead atoms. The fourth-order valence-corrected chi connectivity index (χ4v) is 2.13. The number of ether oxygens (including phenoxy) is 1. The lowest BCUT2D eigenvalue weighted by molar-refractivity contribution is 0.0994. The first-order valence-electron chi connectivity index (χ1n) is 7.67. The molecule has 0 N–H and O–H groups in total. The Kier molecular flexibility index (Phi) is 5.92. The summed E-state index contributed by atoms with van der Waals surface area (Å²) in [5.74, 6) is -0.298. The van der Waals surface area contributed by atoms with E-state index < -0.39 is 0 Å². The Labute approximate surface area is 137 Å². The van der Waals surface area contributed by atoms with Gasteiger partial charge in [0.1, 0.15) is 0 Å². The fourth-order valence-electron chi connectivity index (χ4n) is 2.13. The lowest BCUT2D eigenvalue weighted by Crippen LogP contribution is -2.29. The summed E-state index contributed by atoms with van der Waals surface area (Å²) in [7, 11) is 1.86. The van der Waals surface area contributed by atoms with Crippen molar-refractivity contribution < 1.29 is 9.53 Å². The van der Waals surface area contributed by atoms with Gasteiger partial charge in [-0.05, 0) is 31.5 Å². The fraction of sp³-hybridized carbons (Fsp3) is 0.263. The molecular weight excluding hydrogens is 288 g/mol. The Hall–Kier alpha value is -2.62. The summed E-state index contributed by atoms with van der Waals surface area (Å²) < 4.78 is 5.55. The summed E-state index contributed by atoms with van der Waals surface area (Å²) in [4.78, 5) is 18.3. The number of carbonyl (C=O) groups excluding carboxylic acids is 1. The Balaban J connectivity index is 2.15.